The van der Waals surface area contributed by atoms with Crippen LogP contribution in [0.2, 0.25) is 0 Å². The molecule has 1 amide bonds. The van der Waals surface area contributed by atoms with Crippen molar-refractivity contribution in [3.05, 3.63) is 40.6 Å². The number of cyclic esters (lactones) is 1. The number of hydrogen-bond acceptors (Lipinski definition) is 7. The van der Waals surface area contributed by atoms with Crippen molar-refractivity contribution >= 4 is 11.9 Å². The SMILES string of the molecule is CC1=C(N2CCC3(CCC(NC(C)c4ccc5c(c4)Cn4nnnc4-5)CC3)C2=O)COC1=O. The molecule has 172 valence electrons. The fourth-order valence-electron chi connectivity index (χ4n) is 5.97. The molecular formula is C24H28N6O3. The van der Waals surface area contributed by atoms with Gasteiger partial charge in [0.1, 0.15) is 6.61 Å². The normalized spacial score (nSPS) is 27.3. The minimum Gasteiger partial charge on any atom is -0.456 e. The summed E-state index contributed by atoms with van der Waals surface area (Å²) >= 11 is 0. The number of carbonyl (C=O) groups excluding carboxylic acids is 2. The van der Waals surface area contributed by atoms with Gasteiger partial charge in [-0.2, -0.15) is 0 Å². The summed E-state index contributed by atoms with van der Waals surface area (Å²) in [6.07, 6.45) is 4.60. The number of amides is 1. The molecule has 6 rings (SSSR count). The van der Waals surface area contributed by atoms with E-state index in [2.05, 4.69) is 46.0 Å². The number of carbonyl (C=O) groups is 2. The second-order valence-corrected chi connectivity index (χ2v) is 9.87. The highest BCUT2D eigenvalue weighted by molar-refractivity contribution is 5.94. The van der Waals surface area contributed by atoms with E-state index in [-0.39, 0.29) is 29.9 Å². The van der Waals surface area contributed by atoms with Crippen LogP contribution in [0, 0.1) is 5.41 Å². The summed E-state index contributed by atoms with van der Waals surface area (Å²) in [5.74, 6) is 0.718. The highest BCUT2D eigenvalue weighted by Gasteiger charge is 2.50. The first kappa shape index (κ1) is 20.5. The molecule has 1 aromatic carbocycles. The monoisotopic (exact) mass is 448 g/mol. The molecule has 1 spiro atoms. The first-order valence-electron chi connectivity index (χ1n) is 11.8. The van der Waals surface area contributed by atoms with Gasteiger partial charge < -0.3 is 15.0 Å². The number of nitrogens with zero attached hydrogens (tertiary/aromatic N) is 5. The van der Waals surface area contributed by atoms with Gasteiger partial charge in [-0.25, -0.2) is 9.48 Å². The fourth-order valence-corrected chi connectivity index (χ4v) is 5.97. The van der Waals surface area contributed by atoms with E-state index >= 15 is 0 Å². The molecule has 1 saturated heterocycles. The molecule has 0 radical (unpaired) electrons. The lowest BCUT2D eigenvalue weighted by Gasteiger charge is -2.37. The number of rotatable bonds is 4. The quantitative estimate of drug-likeness (QED) is 0.611. The van der Waals surface area contributed by atoms with Crippen LogP contribution in [0.1, 0.15) is 63.1 Å². The molecule has 1 atom stereocenters. The molecule has 2 aromatic rings. The largest absolute Gasteiger partial charge is 0.456 e. The molecule has 4 heterocycles. The van der Waals surface area contributed by atoms with E-state index in [1.807, 2.05) is 9.58 Å². The molecule has 1 aromatic heterocycles. The van der Waals surface area contributed by atoms with E-state index in [9.17, 15) is 9.59 Å². The lowest BCUT2D eigenvalue weighted by molar-refractivity contribution is -0.138. The van der Waals surface area contributed by atoms with Crippen molar-refractivity contribution in [1.82, 2.24) is 30.4 Å². The molecule has 9 nitrogen and oxygen atoms in total. The van der Waals surface area contributed by atoms with Gasteiger partial charge in [-0.1, -0.05) is 18.2 Å². The Morgan fingerprint density at radius 1 is 1.21 bits per heavy atom. The molecule has 3 aliphatic heterocycles. The third-order valence-corrected chi connectivity index (χ3v) is 8.07. The van der Waals surface area contributed by atoms with Crippen molar-refractivity contribution in [2.45, 2.75) is 64.6 Å². The van der Waals surface area contributed by atoms with Crippen LogP contribution in [-0.4, -0.2) is 56.2 Å². The van der Waals surface area contributed by atoms with E-state index in [0.717, 1.165) is 55.7 Å². The summed E-state index contributed by atoms with van der Waals surface area (Å²) in [4.78, 5) is 26.9. The Morgan fingerprint density at radius 3 is 2.79 bits per heavy atom. The van der Waals surface area contributed by atoms with Crippen LogP contribution in [-0.2, 0) is 20.9 Å². The Hall–Kier alpha value is -3.07. The van der Waals surface area contributed by atoms with Crippen molar-refractivity contribution in [3.63, 3.8) is 0 Å². The summed E-state index contributed by atoms with van der Waals surface area (Å²) in [6, 6.07) is 7.13. The van der Waals surface area contributed by atoms with Gasteiger partial charge in [-0.15, -0.1) is 5.10 Å². The average molecular weight is 449 g/mol. The predicted molar refractivity (Wildman–Crippen MR) is 119 cm³/mol. The van der Waals surface area contributed by atoms with Crippen LogP contribution >= 0.6 is 0 Å². The van der Waals surface area contributed by atoms with Gasteiger partial charge in [0.05, 0.1) is 23.2 Å². The van der Waals surface area contributed by atoms with E-state index < -0.39 is 0 Å². The minimum atomic E-state index is -0.301. The first-order chi connectivity index (χ1) is 15.9. The van der Waals surface area contributed by atoms with Gasteiger partial charge in [-0.3, -0.25) is 4.79 Å². The molecule has 1 unspecified atom stereocenters. The van der Waals surface area contributed by atoms with Crippen LogP contribution in [0.5, 0.6) is 0 Å². The second kappa shape index (κ2) is 7.48. The summed E-state index contributed by atoms with van der Waals surface area (Å²) in [5.41, 5.74) is 4.66. The average Bonchev–Trinajstić information content (AvgIpc) is 3.56. The van der Waals surface area contributed by atoms with Crippen molar-refractivity contribution in [2.75, 3.05) is 13.2 Å². The number of aromatic nitrogens is 4. The zero-order valence-electron chi connectivity index (χ0n) is 19.0. The molecule has 2 fully saturated rings. The third kappa shape index (κ3) is 3.20. The van der Waals surface area contributed by atoms with Crippen LogP contribution in [0.3, 0.4) is 0 Å². The van der Waals surface area contributed by atoms with Crippen molar-refractivity contribution < 1.29 is 14.3 Å². The van der Waals surface area contributed by atoms with E-state index in [4.69, 9.17) is 4.74 Å². The van der Waals surface area contributed by atoms with E-state index in [0.29, 0.717) is 18.2 Å². The predicted octanol–water partition coefficient (Wildman–Crippen LogP) is 2.34. The summed E-state index contributed by atoms with van der Waals surface area (Å²) in [6.45, 7) is 5.59. The molecule has 9 heteroatoms. The molecule has 1 aliphatic carbocycles. The van der Waals surface area contributed by atoms with E-state index in [1.165, 1.54) is 11.1 Å². The number of ether oxygens (including phenoxy) is 1. The van der Waals surface area contributed by atoms with Crippen molar-refractivity contribution in [2.24, 2.45) is 5.41 Å². The lowest BCUT2D eigenvalue weighted by Crippen LogP contribution is -2.42. The lowest BCUT2D eigenvalue weighted by atomic mass is 9.71. The van der Waals surface area contributed by atoms with Gasteiger partial charge in [-0.05, 0) is 67.5 Å². The molecule has 1 saturated carbocycles. The highest BCUT2D eigenvalue weighted by atomic mass is 16.5. The van der Waals surface area contributed by atoms with Crippen molar-refractivity contribution in [1.29, 1.82) is 0 Å². The molecular weight excluding hydrogens is 420 g/mol. The Labute approximate surface area is 192 Å². The van der Waals surface area contributed by atoms with Crippen LogP contribution in [0.25, 0.3) is 11.4 Å². The van der Waals surface area contributed by atoms with Crippen molar-refractivity contribution in [3.8, 4) is 11.4 Å². The van der Waals surface area contributed by atoms with Crippen LogP contribution < -0.4 is 5.32 Å². The Morgan fingerprint density at radius 2 is 2.03 bits per heavy atom. The smallest absolute Gasteiger partial charge is 0.336 e. The maximum Gasteiger partial charge on any atom is 0.336 e. The maximum absolute atomic E-state index is 13.3. The summed E-state index contributed by atoms with van der Waals surface area (Å²) < 4.78 is 6.96. The number of benzene rings is 1. The highest BCUT2D eigenvalue weighted by Crippen LogP contribution is 2.46. The van der Waals surface area contributed by atoms with Gasteiger partial charge in [0.2, 0.25) is 5.91 Å². The van der Waals surface area contributed by atoms with Gasteiger partial charge >= 0.3 is 5.97 Å². The van der Waals surface area contributed by atoms with E-state index in [1.54, 1.807) is 6.92 Å². The fraction of sp³-hybridized carbons (Fsp3) is 0.542. The molecule has 4 aliphatic rings. The summed E-state index contributed by atoms with van der Waals surface area (Å²) in [7, 11) is 0. The maximum atomic E-state index is 13.3. The van der Waals surface area contributed by atoms with Crippen LogP contribution in [0.15, 0.2) is 29.5 Å². The zero-order valence-corrected chi connectivity index (χ0v) is 19.0. The van der Waals surface area contributed by atoms with Crippen LogP contribution in [0.4, 0.5) is 0 Å². The van der Waals surface area contributed by atoms with Gasteiger partial charge in [0.15, 0.2) is 5.82 Å². The Kier molecular flexibility index (Phi) is 4.65. The molecule has 1 N–H and O–H groups in total. The molecule has 0 bridgehead atoms. The standard InChI is InChI=1S/C24H28N6O3/c1-14-20(13-33-22(14)31)29-10-9-24(23(29)32)7-5-18(6-8-24)25-15(2)16-3-4-19-17(11-16)12-30-21(19)26-27-28-30/h3-4,11,15,18,25H,5-10,12-13H2,1-2H3. The van der Waals surface area contributed by atoms with Gasteiger partial charge in [0.25, 0.3) is 0 Å². The Balaban J connectivity index is 1.09. The minimum absolute atomic E-state index is 0.181. The number of fused-ring (bicyclic) bond motifs is 3. The van der Waals surface area contributed by atoms with Gasteiger partial charge in [0, 0.05) is 24.2 Å². The second-order valence-electron chi connectivity index (χ2n) is 9.87. The molecule has 33 heavy (non-hydrogen) atoms. The number of tetrazole rings is 1. The number of nitrogens with one attached hydrogen (secondary N) is 1. The number of hydrogen-bond donors (Lipinski definition) is 1. The number of likely N-dealkylation sites (tertiary alicyclic amines) is 1. The topological polar surface area (TPSA) is 102 Å². The zero-order chi connectivity index (χ0) is 22.7. The third-order valence-electron chi connectivity index (χ3n) is 8.07. The number of esters is 1. The Bertz CT molecular complexity index is 1180. The first-order valence-corrected chi connectivity index (χ1v) is 11.8. The summed E-state index contributed by atoms with van der Waals surface area (Å²) in [5, 5.41) is 15.7.